The molecule has 0 radical (unpaired) electrons. The summed E-state index contributed by atoms with van der Waals surface area (Å²) in [6.07, 6.45) is 0. The Bertz CT molecular complexity index is 1270. The largest absolute Gasteiger partial charge is 0.369 e. The van der Waals surface area contributed by atoms with Crippen LogP contribution >= 0.6 is 11.3 Å². The first-order valence-corrected chi connectivity index (χ1v) is 12.8. The van der Waals surface area contributed by atoms with Crippen molar-refractivity contribution in [1.29, 1.82) is 0 Å². The minimum absolute atomic E-state index is 0.0343. The Kier molecular flexibility index (Phi) is 6.00. The van der Waals surface area contributed by atoms with E-state index in [0.717, 1.165) is 32.3 Å². The molecule has 170 valence electrons. The van der Waals surface area contributed by atoms with E-state index in [0.29, 0.717) is 42.3 Å². The van der Waals surface area contributed by atoms with Crippen LogP contribution in [0.3, 0.4) is 0 Å². The number of carbonyl (C=O) groups is 1. The van der Waals surface area contributed by atoms with Gasteiger partial charge in [0.1, 0.15) is 4.90 Å². The van der Waals surface area contributed by atoms with E-state index in [1.165, 1.54) is 11.3 Å². The second-order valence-electron chi connectivity index (χ2n) is 8.23. The number of nitrogens with one attached hydrogen (secondary N) is 1. The zero-order valence-electron chi connectivity index (χ0n) is 19.0. The van der Waals surface area contributed by atoms with Gasteiger partial charge in [-0.15, -0.1) is 11.3 Å². The van der Waals surface area contributed by atoms with Crippen LogP contribution in [0, 0.1) is 27.7 Å². The minimum Gasteiger partial charge on any atom is -0.369 e. The number of thiophene rings is 1. The molecule has 0 bridgehead atoms. The Morgan fingerprint density at radius 1 is 1.00 bits per heavy atom. The highest BCUT2D eigenvalue weighted by molar-refractivity contribution is 7.89. The number of rotatable bonds is 5. The Hall–Kier alpha value is -2.49. The van der Waals surface area contributed by atoms with Crippen molar-refractivity contribution in [2.45, 2.75) is 39.5 Å². The van der Waals surface area contributed by atoms with Gasteiger partial charge in [0, 0.05) is 58.4 Å². The number of anilines is 1. The van der Waals surface area contributed by atoms with Crippen molar-refractivity contribution in [2.24, 2.45) is 0 Å². The van der Waals surface area contributed by atoms with Crippen LogP contribution in [-0.4, -0.2) is 54.9 Å². The number of hydrogen-bond donors (Lipinski definition) is 1. The summed E-state index contributed by atoms with van der Waals surface area (Å²) in [7, 11) is -3.66. The van der Waals surface area contributed by atoms with Crippen LogP contribution in [0.4, 0.5) is 5.69 Å². The number of H-pyrrole nitrogens is 1. The minimum atomic E-state index is -3.66. The van der Waals surface area contributed by atoms with E-state index in [9.17, 15) is 13.2 Å². The fourth-order valence-corrected chi connectivity index (χ4v) is 7.43. The van der Waals surface area contributed by atoms with E-state index in [1.54, 1.807) is 11.2 Å². The second-order valence-corrected chi connectivity index (χ2v) is 11.5. The summed E-state index contributed by atoms with van der Waals surface area (Å²) in [5, 5.41) is 7.40. The van der Waals surface area contributed by atoms with Gasteiger partial charge in [-0.2, -0.15) is 9.40 Å². The number of Topliss-reactive ketones (excluding diaryl/α,β-unsaturated/α-hetero) is 1. The van der Waals surface area contributed by atoms with E-state index in [4.69, 9.17) is 0 Å². The van der Waals surface area contributed by atoms with Crippen molar-refractivity contribution in [3.8, 4) is 11.3 Å². The number of nitrogens with zero attached hydrogens (tertiary/aromatic N) is 3. The summed E-state index contributed by atoms with van der Waals surface area (Å²) in [5.74, 6) is 0.0343. The van der Waals surface area contributed by atoms with Gasteiger partial charge in [-0.25, -0.2) is 8.42 Å². The first-order chi connectivity index (χ1) is 15.1. The molecule has 1 aliphatic rings. The highest BCUT2D eigenvalue weighted by atomic mass is 32.2. The average Bonchev–Trinajstić information content (AvgIpc) is 3.25. The molecule has 1 saturated heterocycles. The molecule has 0 saturated carbocycles. The number of carbonyl (C=O) groups excluding carboxylic acids is 1. The van der Waals surface area contributed by atoms with Gasteiger partial charge in [0.05, 0.1) is 5.69 Å². The molecule has 0 atom stereocenters. The van der Waals surface area contributed by atoms with Gasteiger partial charge >= 0.3 is 0 Å². The third-order valence-corrected chi connectivity index (χ3v) is 9.39. The van der Waals surface area contributed by atoms with Crippen LogP contribution < -0.4 is 4.90 Å². The van der Waals surface area contributed by atoms with Gasteiger partial charge in [-0.3, -0.25) is 9.89 Å². The summed E-state index contributed by atoms with van der Waals surface area (Å²) in [5.41, 5.74) is 5.02. The Labute approximate surface area is 193 Å². The molecule has 7 nitrogen and oxygen atoms in total. The molecule has 1 fully saturated rings. The second kappa shape index (κ2) is 8.46. The lowest BCUT2D eigenvalue weighted by atomic mass is 10.1. The van der Waals surface area contributed by atoms with Crippen LogP contribution in [0.25, 0.3) is 11.3 Å². The van der Waals surface area contributed by atoms with Gasteiger partial charge < -0.3 is 4.90 Å². The number of hydrogen-bond acceptors (Lipinski definition) is 6. The van der Waals surface area contributed by atoms with Crippen molar-refractivity contribution < 1.29 is 13.2 Å². The highest BCUT2D eigenvalue weighted by Crippen LogP contribution is 2.41. The van der Waals surface area contributed by atoms with Crippen LogP contribution in [0.2, 0.25) is 0 Å². The zero-order chi connectivity index (χ0) is 23.2. The van der Waals surface area contributed by atoms with Crippen molar-refractivity contribution in [2.75, 3.05) is 31.1 Å². The van der Waals surface area contributed by atoms with Crippen LogP contribution in [0.5, 0.6) is 0 Å². The molecule has 3 heterocycles. The molecule has 0 unspecified atom stereocenters. The maximum absolute atomic E-state index is 13.7. The molecular weight excluding hydrogens is 444 g/mol. The molecule has 2 aromatic heterocycles. The van der Waals surface area contributed by atoms with Crippen molar-refractivity contribution in [3.05, 3.63) is 50.8 Å². The molecule has 3 aromatic rings. The summed E-state index contributed by atoms with van der Waals surface area (Å²) in [4.78, 5) is 15.8. The quantitative estimate of drug-likeness (QED) is 0.566. The predicted molar refractivity (Wildman–Crippen MR) is 128 cm³/mol. The zero-order valence-corrected chi connectivity index (χ0v) is 20.7. The lowest BCUT2D eigenvalue weighted by Gasteiger charge is -2.35. The molecule has 9 heteroatoms. The van der Waals surface area contributed by atoms with Crippen LogP contribution in [0.1, 0.15) is 38.3 Å². The number of aromatic amines is 1. The topological polar surface area (TPSA) is 86.4 Å². The fourth-order valence-electron chi connectivity index (χ4n) is 4.20. The Morgan fingerprint density at radius 2 is 1.62 bits per heavy atom. The predicted octanol–water partition coefficient (Wildman–Crippen LogP) is 4.09. The maximum atomic E-state index is 13.7. The molecule has 1 aromatic carbocycles. The molecule has 4 rings (SSSR count). The van der Waals surface area contributed by atoms with Gasteiger partial charge in [-0.1, -0.05) is 0 Å². The maximum Gasteiger partial charge on any atom is 0.244 e. The van der Waals surface area contributed by atoms with Gasteiger partial charge in [0.15, 0.2) is 5.78 Å². The number of ketones is 1. The fraction of sp³-hybridized carbons (Fsp3) is 0.391. The third kappa shape index (κ3) is 3.89. The highest BCUT2D eigenvalue weighted by Gasteiger charge is 2.35. The average molecular weight is 473 g/mol. The Morgan fingerprint density at radius 3 is 2.16 bits per heavy atom. The molecule has 0 spiro atoms. The number of sulfonamides is 1. The van der Waals surface area contributed by atoms with E-state index >= 15 is 0 Å². The van der Waals surface area contributed by atoms with Crippen LogP contribution in [-0.2, 0) is 10.0 Å². The number of aromatic nitrogens is 2. The molecule has 32 heavy (non-hydrogen) atoms. The molecule has 1 N–H and O–H groups in total. The molecular formula is C23H28N4O3S2. The van der Waals surface area contributed by atoms with E-state index in [-0.39, 0.29) is 5.78 Å². The van der Waals surface area contributed by atoms with Crippen molar-refractivity contribution >= 4 is 32.8 Å². The standard InChI is InChI=1S/C23H28N4O3S2/c1-14-15(2)24-25-22(14)21-17(4)31-18(5)23(21)32(29,30)27-12-10-26(11-13-27)20-8-6-19(7-9-20)16(3)28/h6-9H,10-13H2,1-5H3,(H,24,25). The number of aryl methyl sites for hydroxylation is 3. The monoisotopic (exact) mass is 472 g/mol. The SMILES string of the molecule is CC(=O)c1ccc(N2CCN(S(=O)(=O)c3c(C)sc(C)c3-c3n[nH]c(C)c3C)CC2)cc1. The van der Waals surface area contributed by atoms with Gasteiger partial charge in [0.25, 0.3) is 0 Å². The van der Waals surface area contributed by atoms with E-state index in [1.807, 2.05) is 52.0 Å². The summed E-state index contributed by atoms with van der Waals surface area (Å²) < 4.78 is 29.1. The van der Waals surface area contributed by atoms with Gasteiger partial charge in [0.2, 0.25) is 10.0 Å². The molecule has 0 amide bonds. The number of benzene rings is 1. The summed E-state index contributed by atoms with van der Waals surface area (Å²) >= 11 is 1.50. The normalized spacial score (nSPS) is 15.3. The summed E-state index contributed by atoms with van der Waals surface area (Å²) in [6, 6.07) is 7.49. The first-order valence-electron chi connectivity index (χ1n) is 10.6. The molecule has 0 aliphatic carbocycles. The lowest BCUT2D eigenvalue weighted by molar-refractivity contribution is 0.101. The summed E-state index contributed by atoms with van der Waals surface area (Å²) in [6.45, 7) is 11.3. The Balaban J connectivity index is 1.60. The first kappa shape index (κ1) is 22.7. The van der Waals surface area contributed by atoms with Crippen molar-refractivity contribution in [3.63, 3.8) is 0 Å². The van der Waals surface area contributed by atoms with Gasteiger partial charge in [-0.05, 0) is 64.4 Å². The van der Waals surface area contributed by atoms with E-state index in [2.05, 4.69) is 15.1 Å². The third-order valence-electron chi connectivity index (χ3n) is 6.17. The number of piperazine rings is 1. The van der Waals surface area contributed by atoms with Crippen molar-refractivity contribution in [1.82, 2.24) is 14.5 Å². The smallest absolute Gasteiger partial charge is 0.244 e. The lowest BCUT2D eigenvalue weighted by Crippen LogP contribution is -2.48. The van der Waals surface area contributed by atoms with Crippen LogP contribution in [0.15, 0.2) is 29.2 Å². The van der Waals surface area contributed by atoms with E-state index < -0.39 is 10.0 Å². The molecule has 1 aliphatic heterocycles.